The minimum atomic E-state index is -1.40. The second kappa shape index (κ2) is 17.4. The van der Waals surface area contributed by atoms with Crippen molar-refractivity contribution in [1.29, 1.82) is 0 Å². The number of imidazole rings is 1. The van der Waals surface area contributed by atoms with Gasteiger partial charge in [-0.3, -0.25) is 9.97 Å². The largest absolute Gasteiger partial charge is 0.486 e. The van der Waals surface area contributed by atoms with E-state index in [0.29, 0.717) is 5.71 Å². The molecule has 5 heterocycles. The Labute approximate surface area is 397 Å². The summed E-state index contributed by atoms with van der Waals surface area (Å²) < 4.78 is 8.60. The molecule has 4 aromatic carbocycles. The van der Waals surface area contributed by atoms with Crippen LogP contribution in [0, 0.1) is 62.5 Å². The Bertz CT molecular complexity index is 3160. The molecular formula is C57H55IrN5OSi-2. The number of fused-ring (bicyclic) bond motifs is 4. The standard InChI is InChI=1S/C32H23N4O.C25H32NSi.Ir/c1-19-18-26-24-13-9-14-25(30(24)37-32(26)34-20(19)2)31-35-29-21(3)33-17-16-28(29)36(31)27-15-8-7-12-23(27)22-10-5-4-6-11-22;1-27(2,3)25-16-26-24(19-7-5-4-6-8-19)15-22(25)14-23-20-10-17-9-18(12-20)13-21(23)11-17;/h4-13,15-18H,1-3H3;4-7,15-18,20-21,23H,9-14H2,1-3H3;/q2*-1;. The molecule has 0 saturated heterocycles. The molecule has 329 valence electrons. The number of aromatic nitrogens is 5. The van der Waals surface area contributed by atoms with Crippen molar-refractivity contribution in [2.45, 2.75) is 78.9 Å². The summed E-state index contributed by atoms with van der Waals surface area (Å²) in [6.07, 6.45) is 13.0. The van der Waals surface area contributed by atoms with Gasteiger partial charge in [-0.05, 0) is 129 Å². The number of furan rings is 1. The Morgan fingerprint density at radius 3 is 2.20 bits per heavy atom. The maximum absolute atomic E-state index is 6.39. The van der Waals surface area contributed by atoms with Crippen LogP contribution in [-0.4, -0.2) is 32.6 Å². The molecule has 0 spiro atoms. The van der Waals surface area contributed by atoms with Crippen molar-refractivity contribution < 1.29 is 24.5 Å². The zero-order valence-corrected chi connectivity index (χ0v) is 41.5. The minimum Gasteiger partial charge on any atom is -0.486 e. The fourth-order valence-corrected chi connectivity index (χ4v) is 13.4. The molecule has 4 saturated carbocycles. The van der Waals surface area contributed by atoms with E-state index in [4.69, 9.17) is 19.4 Å². The summed E-state index contributed by atoms with van der Waals surface area (Å²) in [5.41, 5.74) is 14.1. The molecule has 13 rings (SSSR count). The van der Waals surface area contributed by atoms with Gasteiger partial charge >= 0.3 is 0 Å². The Kier molecular flexibility index (Phi) is 11.6. The minimum absolute atomic E-state index is 0. The summed E-state index contributed by atoms with van der Waals surface area (Å²) in [4.78, 5) is 19.2. The summed E-state index contributed by atoms with van der Waals surface area (Å²) in [6, 6.07) is 44.5. The first kappa shape index (κ1) is 43.4. The monoisotopic (exact) mass is 1050 g/mol. The Balaban J connectivity index is 0.000000158. The van der Waals surface area contributed by atoms with Crippen molar-refractivity contribution in [3.63, 3.8) is 0 Å². The summed E-state index contributed by atoms with van der Waals surface area (Å²) >= 11 is 0. The smallest absolute Gasteiger partial charge is 0.216 e. The third-order valence-electron chi connectivity index (χ3n) is 14.7. The Morgan fingerprint density at radius 2 is 1.46 bits per heavy atom. The quantitative estimate of drug-likeness (QED) is 0.117. The van der Waals surface area contributed by atoms with Gasteiger partial charge in [-0.1, -0.05) is 90.8 Å². The van der Waals surface area contributed by atoms with Crippen LogP contribution in [0.15, 0.2) is 126 Å². The van der Waals surface area contributed by atoms with E-state index in [1.54, 1.807) is 17.2 Å². The van der Waals surface area contributed by atoms with Crippen LogP contribution < -0.4 is 5.19 Å². The summed E-state index contributed by atoms with van der Waals surface area (Å²) in [7, 11) is -1.40. The first-order chi connectivity index (χ1) is 31.1. The van der Waals surface area contributed by atoms with Crippen molar-refractivity contribution in [3.8, 4) is 39.5 Å². The van der Waals surface area contributed by atoms with Crippen molar-refractivity contribution in [2.75, 3.05) is 0 Å². The van der Waals surface area contributed by atoms with Gasteiger partial charge in [0.05, 0.1) is 36.2 Å². The SMILES string of the molecule is C[Si](C)(C)c1cnc(-c2[c-]cccc2)cc1CC1C2CC3CC(C2)CC1C3.Cc1cc2c(nc1C)oc1c(-c3nc4c(C)nccc4n3-c3ccccc3-c3ccccc3)[c-]ccc12.[Ir]. The van der Waals surface area contributed by atoms with Gasteiger partial charge in [0.2, 0.25) is 5.71 Å². The summed E-state index contributed by atoms with van der Waals surface area (Å²) in [6.45, 7) is 13.5. The van der Waals surface area contributed by atoms with Gasteiger partial charge < -0.3 is 14.0 Å². The molecular weight excluding hydrogens is 991 g/mol. The normalized spacial score (nSPS) is 19.9. The van der Waals surface area contributed by atoms with Crippen molar-refractivity contribution >= 4 is 46.4 Å². The third kappa shape index (κ3) is 8.02. The summed E-state index contributed by atoms with van der Waals surface area (Å²) in [5.74, 6) is 5.79. The van der Waals surface area contributed by atoms with Crippen molar-refractivity contribution in [1.82, 2.24) is 24.5 Å². The molecule has 0 unspecified atom stereocenters. The van der Waals surface area contributed by atoms with Gasteiger partial charge in [0, 0.05) is 54.8 Å². The molecule has 5 aromatic heterocycles. The van der Waals surface area contributed by atoms with Crippen LogP contribution >= 0.6 is 0 Å². The maximum atomic E-state index is 6.39. The zero-order valence-electron chi connectivity index (χ0n) is 38.2. The van der Waals surface area contributed by atoms with E-state index in [1.807, 2.05) is 56.4 Å². The van der Waals surface area contributed by atoms with Gasteiger partial charge in [0.25, 0.3) is 0 Å². The molecule has 0 aliphatic heterocycles. The van der Waals surface area contributed by atoms with E-state index in [-0.39, 0.29) is 20.1 Å². The number of hydrogen-bond acceptors (Lipinski definition) is 5. The molecule has 0 amide bonds. The second-order valence-corrected chi connectivity index (χ2v) is 24.9. The Hall–Kier alpha value is -5.53. The number of rotatable bonds is 7. The first-order valence-electron chi connectivity index (χ1n) is 23.2. The van der Waals surface area contributed by atoms with Crippen LogP contribution in [0.3, 0.4) is 0 Å². The van der Waals surface area contributed by atoms with Gasteiger partial charge in [-0.15, -0.1) is 54.1 Å². The van der Waals surface area contributed by atoms with Gasteiger partial charge in [0.15, 0.2) is 0 Å². The molecule has 4 aliphatic rings. The molecule has 4 fully saturated rings. The summed E-state index contributed by atoms with van der Waals surface area (Å²) in [5, 5.41) is 3.58. The zero-order chi connectivity index (χ0) is 43.7. The van der Waals surface area contributed by atoms with Crippen LogP contribution in [-0.2, 0) is 26.5 Å². The van der Waals surface area contributed by atoms with E-state index >= 15 is 0 Å². The number of aryl methyl sites for hydroxylation is 3. The van der Waals surface area contributed by atoms with Crippen LogP contribution in [0.1, 0.15) is 54.6 Å². The fourth-order valence-electron chi connectivity index (χ4n) is 11.8. The van der Waals surface area contributed by atoms with Crippen LogP contribution in [0.25, 0.3) is 72.6 Å². The fraction of sp³-hybridized carbons (Fsp3) is 0.298. The average molecular weight is 1050 g/mol. The van der Waals surface area contributed by atoms with Crippen LogP contribution in [0.5, 0.6) is 0 Å². The second-order valence-electron chi connectivity index (χ2n) is 19.9. The van der Waals surface area contributed by atoms with E-state index in [9.17, 15) is 0 Å². The molecule has 4 bridgehead atoms. The van der Waals surface area contributed by atoms with E-state index < -0.39 is 8.07 Å². The van der Waals surface area contributed by atoms with Crippen molar-refractivity contribution in [3.05, 3.63) is 156 Å². The molecule has 9 aromatic rings. The molecule has 8 heteroatoms. The first-order valence-corrected chi connectivity index (χ1v) is 26.7. The molecule has 6 nitrogen and oxygen atoms in total. The molecule has 4 aliphatic carbocycles. The number of benzene rings is 4. The predicted octanol–water partition coefficient (Wildman–Crippen LogP) is 13.5. The molecule has 1 radical (unpaired) electrons. The third-order valence-corrected chi connectivity index (χ3v) is 16.8. The number of hydrogen-bond donors (Lipinski definition) is 0. The molecule has 65 heavy (non-hydrogen) atoms. The number of pyridine rings is 3. The maximum Gasteiger partial charge on any atom is 0.216 e. The van der Waals surface area contributed by atoms with Gasteiger partial charge in [-0.25, -0.2) is 4.98 Å². The van der Waals surface area contributed by atoms with Gasteiger partial charge in [-0.2, -0.15) is 0 Å². The Morgan fingerprint density at radius 1 is 0.723 bits per heavy atom. The van der Waals surface area contributed by atoms with E-state index in [2.05, 4.69) is 127 Å². The molecule has 0 N–H and O–H groups in total. The topological polar surface area (TPSA) is 69.6 Å². The van der Waals surface area contributed by atoms with Crippen molar-refractivity contribution in [2.24, 2.45) is 29.6 Å². The predicted molar refractivity (Wildman–Crippen MR) is 264 cm³/mol. The van der Waals surface area contributed by atoms with Crippen LogP contribution in [0.2, 0.25) is 19.6 Å². The number of nitrogens with zero attached hydrogens (tertiary/aromatic N) is 5. The number of para-hydroxylation sites is 1. The van der Waals surface area contributed by atoms with Crippen LogP contribution in [0.4, 0.5) is 0 Å². The average Bonchev–Trinajstić information content (AvgIpc) is 3.87. The van der Waals surface area contributed by atoms with Gasteiger partial charge in [0.1, 0.15) is 0 Å². The van der Waals surface area contributed by atoms with E-state index in [0.717, 1.165) is 113 Å². The molecule has 0 atom stereocenters. The van der Waals surface area contributed by atoms with E-state index in [1.165, 1.54) is 32.1 Å².